The van der Waals surface area contributed by atoms with Gasteiger partial charge in [0.2, 0.25) is 10.9 Å². The maximum absolute atomic E-state index is 11.2. The van der Waals surface area contributed by atoms with E-state index in [-0.39, 0.29) is 11.4 Å². The van der Waals surface area contributed by atoms with Gasteiger partial charge in [-0.15, -0.1) is 22.7 Å². The van der Waals surface area contributed by atoms with E-state index in [2.05, 4.69) is 15.5 Å². The Morgan fingerprint density at radius 2 is 2.07 bits per heavy atom. The summed E-state index contributed by atoms with van der Waals surface area (Å²) in [6.45, 7) is 2.00. The summed E-state index contributed by atoms with van der Waals surface area (Å²) in [5, 5.41) is 18.0. The van der Waals surface area contributed by atoms with Crippen molar-refractivity contribution < 1.29 is 14.4 Å². The first kappa shape index (κ1) is 18.8. The molecule has 0 saturated heterocycles. The number of hydrogen-bond acceptors (Lipinski definition) is 9. The van der Waals surface area contributed by atoms with Crippen LogP contribution in [0.2, 0.25) is 0 Å². The molecule has 2 aromatic heterocycles. The molecule has 8 nitrogen and oxygen atoms in total. The monoisotopic (exact) mass is 404 g/mol. The number of thiophene rings is 1. The molecule has 1 aromatic carbocycles. The van der Waals surface area contributed by atoms with Crippen molar-refractivity contribution in [3.8, 4) is 22.1 Å². The fourth-order valence-corrected chi connectivity index (χ4v) is 4.01. The predicted octanol–water partition coefficient (Wildman–Crippen LogP) is 4.55. The molecule has 2 heterocycles. The van der Waals surface area contributed by atoms with Crippen molar-refractivity contribution in [2.24, 2.45) is 5.10 Å². The lowest BCUT2D eigenvalue weighted by Gasteiger charge is -2.08. The molecule has 27 heavy (non-hydrogen) atoms. The lowest BCUT2D eigenvalue weighted by atomic mass is 10.1. The molecule has 1 N–H and O–H groups in total. The minimum atomic E-state index is -0.513. The number of hydrogen-bond donors (Lipinski definition) is 1. The number of thiazole rings is 1. The largest absolute Gasteiger partial charge is 0.496 e. The lowest BCUT2D eigenvalue weighted by molar-refractivity contribution is -0.385. The molecule has 10 heteroatoms. The van der Waals surface area contributed by atoms with Crippen molar-refractivity contribution in [3.05, 3.63) is 50.2 Å². The number of aryl methyl sites for hydroxylation is 1. The first-order valence-electron chi connectivity index (χ1n) is 7.74. The topological polar surface area (TPSA) is 98.9 Å². The summed E-state index contributed by atoms with van der Waals surface area (Å²) in [5.41, 5.74) is 4.08. The molecule has 0 unspecified atom stereocenters. The van der Waals surface area contributed by atoms with E-state index in [0.29, 0.717) is 16.4 Å². The van der Waals surface area contributed by atoms with Gasteiger partial charge in [0.15, 0.2) is 0 Å². The van der Waals surface area contributed by atoms with Crippen LogP contribution in [0.1, 0.15) is 10.4 Å². The van der Waals surface area contributed by atoms with Crippen molar-refractivity contribution in [1.29, 1.82) is 0 Å². The number of anilines is 1. The summed E-state index contributed by atoms with van der Waals surface area (Å²) >= 11 is 3.11. The molecule has 0 bridgehead atoms. The van der Waals surface area contributed by atoms with Gasteiger partial charge in [0, 0.05) is 22.6 Å². The molecule has 3 rings (SSSR count). The molecule has 0 saturated carbocycles. The van der Waals surface area contributed by atoms with E-state index in [1.165, 1.54) is 43.9 Å². The molecule has 3 aromatic rings. The minimum Gasteiger partial charge on any atom is -0.496 e. The number of nitro groups is 1. The summed E-state index contributed by atoms with van der Waals surface area (Å²) in [7, 11) is 2.84. The van der Waals surface area contributed by atoms with Crippen LogP contribution < -0.4 is 14.9 Å². The van der Waals surface area contributed by atoms with Gasteiger partial charge in [0.25, 0.3) is 0 Å². The maximum atomic E-state index is 11.2. The Bertz CT molecular complexity index is 983. The van der Waals surface area contributed by atoms with Gasteiger partial charge in [-0.25, -0.2) is 4.98 Å². The van der Waals surface area contributed by atoms with Crippen LogP contribution in [-0.4, -0.2) is 30.3 Å². The third-order valence-electron chi connectivity index (χ3n) is 3.64. The lowest BCUT2D eigenvalue weighted by Crippen LogP contribution is -1.99. The molecule has 0 spiro atoms. The Labute approximate surface area is 163 Å². The highest BCUT2D eigenvalue weighted by atomic mass is 32.1. The van der Waals surface area contributed by atoms with Crippen LogP contribution in [0.15, 0.2) is 34.7 Å². The smallest absolute Gasteiger partial charge is 0.311 e. The quantitative estimate of drug-likeness (QED) is 0.352. The number of rotatable bonds is 7. The molecule has 0 radical (unpaired) electrons. The van der Waals surface area contributed by atoms with Crippen LogP contribution in [0.25, 0.3) is 10.6 Å². The fraction of sp³-hybridized carbons (Fsp3) is 0.176. The molecule has 0 aliphatic carbocycles. The van der Waals surface area contributed by atoms with Crippen molar-refractivity contribution in [3.63, 3.8) is 0 Å². The molecular formula is C17H16N4O4S2. The Morgan fingerprint density at radius 1 is 1.30 bits per heavy atom. The average Bonchev–Trinajstić information content (AvgIpc) is 3.30. The van der Waals surface area contributed by atoms with E-state index in [0.717, 1.165) is 15.4 Å². The van der Waals surface area contributed by atoms with Gasteiger partial charge in [0.1, 0.15) is 5.75 Å². The van der Waals surface area contributed by atoms with Crippen LogP contribution >= 0.6 is 22.7 Å². The number of hydrazone groups is 1. The van der Waals surface area contributed by atoms with Gasteiger partial charge < -0.3 is 9.47 Å². The van der Waals surface area contributed by atoms with Crippen LogP contribution in [0.5, 0.6) is 11.5 Å². The Balaban J connectivity index is 1.83. The molecule has 140 valence electrons. The SMILES string of the molecule is COc1cc(OC)c([N+](=O)[O-])cc1/C=N\Nc1nc(-c2cccs2)c(C)s1. The third-order valence-corrected chi connectivity index (χ3v) is 5.39. The number of nitrogens with zero attached hydrogens (tertiary/aromatic N) is 3. The number of nitro benzene ring substituents is 1. The van der Waals surface area contributed by atoms with E-state index >= 15 is 0 Å². The van der Waals surface area contributed by atoms with Crippen LogP contribution in [0, 0.1) is 17.0 Å². The molecule has 0 fully saturated rings. The summed E-state index contributed by atoms with van der Waals surface area (Å²) in [4.78, 5) is 17.4. The summed E-state index contributed by atoms with van der Waals surface area (Å²) < 4.78 is 10.3. The highest BCUT2D eigenvalue weighted by Gasteiger charge is 2.19. The van der Waals surface area contributed by atoms with Crippen molar-refractivity contribution in [2.45, 2.75) is 6.92 Å². The average molecular weight is 404 g/mol. The Kier molecular flexibility index (Phi) is 5.67. The van der Waals surface area contributed by atoms with E-state index in [4.69, 9.17) is 9.47 Å². The van der Waals surface area contributed by atoms with Crippen molar-refractivity contribution >= 4 is 39.7 Å². The third kappa shape index (κ3) is 4.07. The summed E-state index contributed by atoms with van der Waals surface area (Å²) in [6.07, 6.45) is 1.45. The van der Waals surface area contributed by atoms with Crippen molar-refractivity contribution in [2.75, 3.05) is 19.6 Å². The van der Waals surface area contributed by atoms with Crippen LogP contribution in [0.4, 0.5) is 10.8 Å². The van der Waals surface area contributed by atoms with E-state index in [1.807, 2.05) is 24.4 Å². The predicted molar refractivity (Wildman–Crippen MR) is 108 cm³/mol. The fourth-order valence-electron chi connectivity index (χ4n) is 2.39. The molecular weight excluding hydrogens is 388 g/mol. The normalized spacial score (nSPS) is 10.9. The van der Waals surface area contributed by atoms with Crippen LogP contribution in [-0.2, 0) is 0 Å². The maximum Gasteiger partial charge on any atom is 0.311 e. The highest BCUT2D eigenvalue weighted by Crippen LogP contribution is 2.34. The van der Waals surface area contributed by atoms with Crippen molar-refractivity contribution in [1.82, 2.24) is 4.98 Å². The summed E-state index contributed by atoms with van der Waals surface area (Å²) in [5.74, 6) is 0.538. The molecule has 0 aliphatic rings. The van der Waals surface area contributed by atoms with Crippen LogP contribution in [0.3, 0.4) is 0 Å². The zero-order valence-corrected chi connectivity index (χ0v) is 16.4. The first-order chi connectivity index (χ1) is 13.0. The molecule has 0 aliphatic heterocycles. The number of methoxy groups -OCH3 is 2. The number of ether oxygens (including phenoxy) is 2. The zero-order valence-electron chi connectivity index (χ0n) is 14.8. The summed E-state index contributed by atoms with van der Waals surface area (Å²) in [6, 6.07) is 6.81. The second-order valence-electron chi connectivity index (χ2n) is 5.29. The van der Waals surface area contributed by atoms with E-state index in [9.17, 15) is 10.1 Å². The highest BCUT2D eigenvalue weighted by molar-refractivity contribution is 7.17. The van der Waals surface area contributed by atoms with Gasteiger partial charge in [-0.1, -0.05) is 6.07 Å². The Morgan fingerprint density at radius 3 is 2.70 bits per heavy atom. The molecule has 0 atom stereocenters. The van der Waals surface area contributed by atoms with E-state index in [1.54, 1.807) is 11.3 Å². The van der Waals surface area contributed by atoms with Gasteiger partial charge >= 0.3 is 5.69 Å². The minimum absolute atomic E-state index is 0.123. The van der Waals surface area contributed by atoms with E-state index < -0.39 is 4.92 Å². The van der Waals surface area contributed by atoms with Gasteiger partial charge in [-0.2, -0.15) is 5.10 Å². The van der Waals surface area contributed by atoms with Gasteiger partial charge in [-0.3, -0.25) is 15.5 Å². The molecule has 0 amide bonds. The second kappa shape index (κ2) is 8.14. The number of nitrogens with one attached hydrogen (secondary N) is 1. The zero-order chi connectivity index (χ0) is 19.4. The van der Waals surface area contributed by atoms with Gasteiger partial charge in [-0.05, 0) is 18.4 Å². The standard InChI is InChI=1S/C17H16N4O4S2/c1-10-16(15-5-4-6-26-15)19-17(27-10)20-18-9-11-7-12(21(22)23)14(25-3)8-13(11)24-2/h4-9H,1-3H3,(H,19,20)/b18-9-. The van der Waals surface area contributed by atoms with Gasteiger partial charge in [0.05, 0.1) is 35.9 Å². The second-order valence-corrected chi connectivity index (χ2v) is 7.45. The number of aromatic nitrogens is 1. The number of benzene rings is 1. The Hall–Kier alpha value is -2.98. The first-order valence-corrected chi connectivity index (χ1v) is 9.44.